The summed E-state index contributed by atoms with van der Waals surface area (Å²) in [6.45, 7) is 0.533. The molecular formula is C18H21NO3. The van der Waals surface area contributed by atoms with Gasteiger partial charge in [-0.3, -0.25) is 0 Å². The van der Waals surface area contributed by atoms with Gasteiger partial charge in [-0.05, 0) is 34.4 Å². The van der Waals surface area contributed by atoms with E-state index in [-0.39, 0.29) is 13.2 Å². The van der Waals surface area contributed by atoms with Gasteiger partial charge in [0.15, 0.2) is 0 Å². The largest absolute Gasteiger partial charge is 0.392 e. The summed E-state index contributed by atoms with van der Waals surface area (Å²) in [5, 5.41) is 18.6. The highest BCUT2D eigenvalue weighted by Crippen LogP contribution is 2.19. The summed E-state index contributed by atoms with van der Waals surface area (Å²) in [7, 11) is 1.98. The van der Waals surface area contributed by atoms with E-state index in [1.807, 2.05) is 49.5 Å². The third kappa shape index (κ3) is 3.93. The third-order valence-electron chi connectivity index (χ3n) is 3.70. The van der Waals surface area contributed by atoms with Crippen molar-refractivity contribution in [3.05, 3.63) is 64.7 Å². The number of anilines is 1. The van der Waals surface area contributed by atoms with Gasteiger partial charge in [-0.25, -0.2) is 0 Å². The van der Waals surface area contributed by atoms with Gasteiger partial charge < -0.3 is 19.9 Å². The molecule has 0 atom stereocenters. The molecule has 0 radical (unpaired) electrons. The smallest absolute Gasteiger partial charge is 0.124 e. The molecule has 0 fully saturated rings. The first kappa shape index (κ1) is 16.2. The van der Waals surface area contributed by atoms with Gasteiger partial charge >= 0.3 is 0 Å². The fraction of sp³-hybridized carbons (Fsp3) is 0.278. The summed E-state index contributed by atoms with van der Waals surface area (Å²) < 4.78 is 0. The third-order valence-corrected chi connectivity index (χ3v) is 3.70. The lowest BCUT2D eigenvalue weighted by molar-refractivity contribution is -0.107. The van der Waals surface area contributed by atoms with Crippen molar-refractivity contribution in [2.24, 2.45) is 0 Å². The standard InChI is InChI=1S/C18H21NO3/c1-19(18-4-2-3-14(10-18)7-8-20)11-15-5-6-16(12-21)17(9-15)13-22/h2-6,8-10,21-22H,7,11-13H2,1H3. The Labute approximate surface area is 130 Å². The second-order valence-electron chi connectivity index (χ2n) is 5.32. The Balaban J connectivity index is 2.16. The maximum absolute atomic E-state index is 10.6. The Morgan fingerprint density at radius 2 is 1.77 bits per heavy atom. The Morgan fingerprint density at radius 1 is 1.00 bits per heavy atom. The zero-order valence-electron chi connectivity index (χ0n) is 12.7. The van der Waals surface area contributed by atoms with E-state index in [0.29, 0.717) is 13.0 Å². The SMILES string of the molecule is CN(Cc1ccc(CO)c(CO)c1)c1cccc(CC=O)c1. The second kappa shape index (κ2) is 7.73. The Bertz CT molecular complexity index is 640. The van der Waals surface area contributed by atoms with E-state index in [1.54, 1.807) is 0 Å². The number of benzene rings is 2. The molecular weight excluding hydrogens is 278 g/mol. The first-order chi connectivity index (χ1) is 10.7. The van der Waals surface area contributed by atoms with Crippen LogP contribution < -0.4 is 4.90 Å². The molecule has 22 heavy (non-hydrogen) atoms. The maximum atomic E-state index is 10.6. The van der Waals surface area contributed by atoms with Crippen LogP contribution in [0.5, 0.6) is 0 Å². The maximum Gasteiger partial charge on any atom is 0.124 e. The van der Waals surface area contributed by atoms with E-state index in [0.717, 1.165) is 34.2 Å². The minimum Gasteiger partial charge on any atom is -0.392 e. The molecule has 0 saturated heterocycles. The van der Waals surface area contributed by atoms with Gasteiger partial charge in [0, 0.05) is 25.7 Å². The van der Waals surface area contributed by atoms with Crippen LogP contribution >= 0.6 is 0 Å². The predicted molar refractivity (Wildman–Crippen MR) is 86.6 cm³/mol. The van der Waals surface area contributed by atoms with Crippen LogP contribution in [0.15, 0.2) is 42.5 Å². The molecule has 0 bridgehead atoms. The highest BCUT2D eigenvalue weighted by atomic mass is 16.3. The van der Waals surface area contributed by atoms with Crippen molar-refractivity contribution in [2.45, 2.75) is 26.2 Å². The van der Waals surface area contributed by atoms with Crippen molar-refractivity contribution in [3.8, 4) is 0 Å². The molecule has 0 aliphatic carbocycles. The zero-order chi connectivity index (χ0) is 15.9. The fourth-order valence-electron chi connectivity index (χ4n) is 2.46. The number of aliphatic hydroxyl groups is 2. The highest BCUT2D eigenvalue weighted by Gasteiger charge is 2.06. The van der Waals surface area contributed by atoms with Gasteiger partial charge in [0.25, 0.3) is 0 Å². The van der Waals surface area contributed by atoms with Crippen LogP contribution in [0, 0.1) is 0 Å². The van der Waals surface area contributed by atoms with E-state index < -0.39 is 0 Å². The average Bonchev–Trinajstić information content (AvgIpc) is 2.55. The van der Waals surface area contributed by atoms with Crippen molar-refractivity contribution in [1.82, 2.24) is 0 Å². The topological polar surface area (TPSA) is 60.8 Å². The predicted octanol–water partition coefficient (Wildman–Crippen LogP) is 2.05. The number of aliphatic hydroxyl groups excluding tert-OH is 2. The summed E-state index contributed by atoms with van der Waals surface area (Å²) in [5.41, 5.74) is 4.59. The second-order valence-corrected chi connectivity index (χ2v) is 5.32. The van der Waals surface area contributed by atoms with E-state index in [4.69, 9.17) is 0 Å². The Morgan fingerprint density at radius 3 is 2.45 bits per heavy atom. The molecule has 0 aliphatic heterocycles. The zero-order valence-corrected chi connectivity index (χ0v) is 12.7. The Hall–Kier alpha value is -2.17. The monoisotopic (exact) mass is 299 g/mol. The summed E-state index contributed by atoms with van der Waals surface area (Å²) in [5.74, 6) is 0. The van der Waals surface area contributed by atoms with Gasteiger partial charge in [-0.2, -0.15) is 0 Å². The van der Waals surface area contributed by atoms with Crippen molar-refractivity contribution in [3.63, 3.8) is 0 Å². The molecule has 0 heterocycles. The van der Waals surface area contributed by atoms with Gasteiger partial charge in [-0.1, -0.05) is 30.3 Å². The molecule has 0 spiro atoms. The molecule has 2 N–H and O–H groups in total. The minimum absolute atomic E-state index is 0.0697. The molecule has 2 aromatic rings. The molecule has 2 rings (SSSR count). The molecule has 0 saturated carbocycles. The molecule has 4 heteroatoms. The van der Waals surface area contributed by atoms with Crippen LogP contribution in [0.2, 0.25) is 0 Å². The molecule has 0 amide bonds. The lowest BCUT2D eigenvalue weighted by Crippen LogP contribution is -2.16. The first-order valence-corrected chi connectivity index (χ1v) is 7.24. The molecule has 0 unspecified atom stereocenters. The van der Waals surface area contributed by atoms with Crippen molar-refractivity contribution >= 4 is 12.0 Å². The van der Waals surface area contributed by atoms with Crippen molar-refractivity contribution < 1.29 is 15.0 Å². The number of hydrogen-bond acceptors (Lipinski definition) is 4. The molecule has 2 aromatic carbocycles. The van der Waals surface area contributed by atoms with Crippen molar-refractivity contribution in [1.29, 1.82) is 0 Å². The van der Waals surface area contributed by atoms with E-state index in [2.05, 4.69) is 4.90 Å². The first-order valence-electron chi connectivity index (χ1n) is 7.24. The van der Waals surface area contributed by atoms with E-state index >= 15 is 0 Å². The molecule has 4 nitrogen and oxygen atoms in total. The van der Waals surface area contributed by atoms with Crippen LogP contribution in [-0.4, -0.2) is 23.5 Å². The lowest BCUT2D eigenvalue weighted by atomic mass is 10.0. The van der Waals surface area contributed by atoms with E-state index in [1.165, 1.54) is 0 Å². The summed E-state index contributed by atoms with van der Waals surface area (Å²) in [6.07, 6.45) is 1.32. The number of rotatable bonds is 7. The van der Waals surface area contributed by atoms with Crippen LogP contribution in [-0.2, 0) is 31.0 Å². The molecule has 0 aliphatic rings. The number of carbonyl (C=O) groups excluding carboxylic acids is 1. The van der Waals surface area contributed by atoms with Crippen LogP contribution in [0.1, 0.15) is 22.3 Å². The molecule has 0 aromatic heterocycles. The lowest BCUT2D eigenvalue weighted by Gasteiger charge is -2.21. The number of nitrogens with zero attached hydrogens (tertiary/aromatic N) is 1. The van der Waals surface area contributed by atoms with Gasteiger partial charge in [-0.15, -0.1) is 0 Å². The molecule has 116 valence electrons. The number of carbonyl (C=O) groups is 1. The Kier molecular flexibility index (Phi) is 5.69. The van der Waals surface area contributed by atoms with Gasteiger partial charge in [0.2, 0.25) is 0 Å². The average molecular weight is 299 g/mol. The van der Waals surface area contributed by atoms with Crippen LogP contribution in [0.3, 0.4) is 0 Å². The normalized spacial score (nSPS) is 10.5. The number of hydrogen-bond donors (Lipinski definition) is 2. The van der Waals surface area contributed by atoms with Crippen LogP contribution in [0.25, 0.3) is 0 Å². The van der Waals surface area contributed by atoms with E-state index in [9.17, 15) is 15.0 Å². The van der Waals surface area contributed by atoms with Gasteiger partial charge in [0.1, 0.15) is 6.29 Å². The summed E-state index contributed by atoms with van der Waals surface area (Å²) >= 11 is 0. The highest BCUT2D eigenvalue weighted by molar-refractivity contribution is 5.58. The van der Waals surface area contributed by atoms with Crippen molar-refractivity contribution in [2.75, 3.05) is 11.9 Å². The summed E-state index contributed by atoms with van der Waals surface area (Å²) in [4.78, 5) is 12.7. The number of aldehydes is 1. The van der Waals surface area contributed by atoms with Crippen LogP contribution in [0.4, 0.5) is 5.69 Å². The summed E-state index contributed by atoms with van der Waals surface area (Å²) in [6, 6.07) is 13.6. The minimum atomic E-state index is -0.0811. The fourth-order valence-corrected chi connectivity index (χ4v) is 2.46. The van der Waals surface area contributed by atoms with Gasteiger partial charge in [0.05, 0.1) is 13.2 Å². The quantitative estimate of drug-likeness (QED) is 0.768.